The molecule has 0 aliphatic carbocycles. The summed E-state index contributed by atoms with van der Waals surface area (Å²) in [5.41, 5.74) is 0.218. The van der Waals surface area contributed by atoms with Crippen molar-refractivity contribution in [1.82, 2.24) is 15.1 Å². The molecule has 1 aromatic rings. The highest BCUT2D eigenvalue weighted by atomic mass is 35.5. The fourth-order valence-electron chi connectivity index (χ4n) is 1.31. The molecule has 0 fully saturated rings. The first-order valence-corrected chi connectivity index (χ1v) is 5.77. The van der Waals surface area contributed by atoms with E-state index < -0.39 is 0 Å². The maximum Gasteiger partial charge on any atom is 0.257 e. The minimum Gasteiger partial charge on any atom is -0.327 e. The molecule has 0 saturated carbocycles. The van der Waals surface area contributed by atoms with Gasteiger partial charge in [0.2, 0.25) is 0 Å². The summed E-state index contributed by atoms with van der Waals surface area (Å²) in [5.74, 6) is 2.14. The number of rotatable bonds is 4. The van der Waals surface area contributed by atoms with Gasteiger partial charge in [-0.1, -0.05) is 36.0 Å². The van der Waals surface area contributed by atoms with Crippen LogP contribution in [0.4, 0.5) is 0 Å². The van der Waals surface area contributed by atoms with Crippen molar-refractivity contribution >= 4 is 29.1 Å². The number of carbonyl (C=O) groups excluding carboxylic acids is 1. The minimum absolute atomic E-state index is 0.0255. The van der Waals surface area contributed by atoms with Crippen LogP contribution in [0.25, 0.3) is 0 Å². The topological polar surface area (TPSA) is 46.1 Å². The molecule has 90 valence electrons. The van der Waals surface area contributed by atoms with Crippen LogP contribution in [0.15, 0.2) is 6.07 Å². The van der Waals surface area contributed by atoms with Gasteiger partial charge in [-0.25, -0.2) is 0 Å². The smallest absolute Gasteiger partial charge is 0.257 e. The standard InChI is InChI=1S/C11H11Cl2N3O/c1-3-5-16(6-4-2)11(17)8-7-9(12)14-15-10(8)13/h1,7H,4-6H2,2H3. The van der Waals surface area contributed by atoms with Gasteiger partial charge in [-0.05, 0) is 12.5 Å². The molecule has 6 heteroatoms. The lowest BCUT2D eigenvalue weighted by Gasteiger charge is -2.19. The Morgan fingerprint density at radius 3 is 2.82 bits per heavy atom. The van der Waals surface area contributed by atoms with E-state index >= 15 is 0 Å². The highest BCUT2D eigenvalue weighted by Crippen LogP contribution is 2.17. The molecule has 1 rings (SSSR count). The van der Waals surface area contributed by atoms with Gasteiger partial charge in [-0.2, -0.15) is 0 Å². The van der Waals surface area contributed by atoms with Crippen molar-refractivity contribution in [2.24, 2.45) is 0 Å². The summed E-state index contributed by atoms with van der Waals surface area (Å²) < 4.78 is 0. The summed E-state index contributed by atoms with van der Waals surface area (Å²) >= 11 is 11.5. The number of aromatic nitrogens is 2. The van der Waals surface area contributed by atoms with Crippen LogP contribution in [0.3, 0.4) is 0 Å². The van der Waals surface area contributed by atoms with E-state index in [1.165, 1.54) is 11.0 Å². The molecule has 0 atom stereocenters. The normalized spacial score (nSPS) is 9.76. The van der Waals surface area contributed by atoms with E-state index in [9.17, 15) is 4.79 Å². The zero-order chi connectivity index (χ0) is 12.8. The third-order valence-corrected chi connectivity index (χ3v) is 2.48. The van der Waals surface area contributed by atoms with E-state index in [2.05, 4.69) is 16.1 Å². The van der Waals surface area contributed by atoms with Crippen molar-refractivity contribution in [3.8, 4) is 12.3 Å². The van der Waals surface area contributed by atoms with Crippen molar-refractivity contribution in [1.29, 1.82) is 0 Å². The Morgan fingerprint density at radius 1 is 1.53 bits per heavy atom. The Kier molecular flexibility index (Phi) is 5.20. The zero-order valence-corrected chi connectivity index (χ0v) is 10.8. The van der Waals surface area contributed by atoms with E-state index in [1.807, 2.05) is 6.92 Å². The van der Waals surface area contributed by atoms with Crippen LogP contribution in [0.1, 0.15) is 23.7 Å². The molecule has 4 nitrogen and oxygen atoms in total. The average molecular weight is 272 g/mol. The zero-order valence-electron chi connectivity index (χ0n) is 9.28. The molecule has 0 saturated heterocycles. The largest absolute Gasteiger partial charge is 0.327 e. The summed E-state index contributed by atoms with van der Waals surface area (Å²) in [6, 6.07) is 1.39. The van der Waals surface area contributed by atoms with Gasteiger partial charge in [0.25, 0.3) is 5.91 Å². The fraction of sp³-hybridized carbons (Fsp3) is 0.364. The lowest BCUT2D eigenvalue weighted by atomic mass is 10.2. The molecule has 0 aromatic carbocycles. The highest BCUT2D eigenvalue weighted by Gasteiger charge is 2.18. The van der Waals surface area contributed by atoms with E-state index in [0.717, 1.165) is 6.42 Å². The van der Waals surface area contributed by atoms with Crippen molar-refractivity contribution in [3.05, 3.63) is 21.9 Å². The molecular formula is C11H11Cl2N3O. The van der Waals surface area contributed by atoms with E-state index in [-0.39, 0.29) is 28.3 Å². The summed E-state index contributed by atoms with van der Waals surface area (Å²) in [6.45, 7) is 2.73. The van der Waals surface area contributed by atoms with E-state index in [0.29, 0.717) is 6.54 Å². The Labute approximate surface area is 110 Å². The molecule has 0 aliphatic heterocycles. The molecule has 0 unspecified atom stereocenters. The Morgan fingerprint density at radius 2 is 2.24 bits per heavy atom. The first-order chi connectivity index (χ1) is 8.10. The molecular weight excluding hydrogens is 261 g/mol. The van der Waals surface area contributed by atoms with Gasteiger partial charge in [0.05, 0.1) is 12.1 Å². The predicted molar refractivity (Wildman–Crippen MR) is 67.1 cm³/mol. The molecule has 0 radical (unpaired) electrons. The number of nitrogens with zero attached hydrogens (tertiary/aromatic N) is 3. The quantitative estimate of drug-likeness (QED) is 0.790. The summed E-state index contributed by atoms with van der Waals surface area (Å²) in [4.78, 5) is 13.6. The summed E-state index contributed by atoms with van der Waals surface area (Å²) in [6.07, 6.45) is 6.02. The maximum atomic E-state index is 12.1. The van der Waals surface area contributed by atoms with Crippen LogP contribution in [0.5, 0.6) is 0 Å². The van der Waals surface area contributed by atoms with Crippen molar-refractivity contribution in [2.75, 3.05) is 13.1 Å². The number of hydrogen-bond donors (Lipinski definition) is 0. The molecule has 1 heterocycles. The van der Waals surface area contributed by atoms with Gasteiger partial charge in [0, 0.05) is 6.54 Å². The SMILES string of the molecule is C#CCN(CCC)C(=O)c1cc(Cl)nnc1Cl. The number of terminal acetylenes is 1. The molecule has 1 aromatic heterocycles. The van der Waals surface area contributed by atoms with Gasteiger partial charge in [0.15, 0.2) is 10.3 Å². The third-order valence-electron chi connectivity index (χ3n) is 2.01. The molecule has 0 N–H and O–H groups in total. The second-order valence-electron chi connectivity index (χ2n) is 3.30. The first kappa shape index (κ1) is 13.8. The maximum absolute atomic E-state index is 12.1. The number of amides is 1. The third kappa shape index (κ3) is 3.58. The van der Waals surface area contributed by atoms with Crippen molar-refractivity contribution < 1.29 is 4.79 Å². The van der Waals surface area contributed by atoms with Crippen LogP contribution in [-0.2, 0) is 0 Å². The first-order valence-electron chi connectivity index (χ1n) is 5.01. The Bertz CT molecular complexity index is 457. The van der Waals surface area contributed by atoms with Gasteiger partial charge in [-0.3, -0.25) is 4.79 Å². The monoisotopic (exact) mass is 271 g/mol. The summed E-state index contributed by atoms with van der Waals surface area (Å²) in [5, 5.41) is 7.28. The van der Waals surface area contributed by atoms with Crippen molar-refractivity contribution in [3.63, 3.8) is 0 Å². The number of carbonyl (C=O) groups is 1. The van der Waals surface area contributed by atoms with E-state index in [1.54, 1.807) is 0 Å². The highest BCUT2D eigenvalue weighted by molar-refractivity contribution is 6.34. The number of halogens is 2. The van der Waals surface area contributed by atoms with Gasteiger partial charge < -0.3 is 4.90 Å². The van der Waals surface area contributed by atoms with Crippen LogP contribution in [0.2, 0.25) is 10.3 Å². The Balaban J connectivity index is 3.00. The van der Waals surface area contributed by atoms with Crippen LogP contribution in [-0.4, -0.2) is 34.1 Å². The second kappa shape index (κ2) is 6.43. The molecule has 1 amide bonds. The molecule has 0 aliphatic rings. The van der Waals surface area contributed by atoms with Crippen LogP contribution in [0, 0.1) is 12.3 Å². The van der Waals surface area contributed by atoms with Crippen LogP contribution < -0.4 is 0 Å². The Hall–Kier alpha value is -1.31. The number of hydrogen-bond acceptors (Lipinski definition) is 3. The van der Waals surface area contributed by atoms with Gasteiger partial charge >= 0.3 is 0 Å². The van der Waals surface area contributed by atoms with Crippen molar-refractivity contribution in [2.45, 2.75) is 13.3 Å². The van der Waals surface area contributed by atoms with Crippen LogP contribution >= 0.6 is 23.2 Å². The fourth-order valence-corrected chi connectivity index (χ4v) is 1.63. The van der Waals surface area contributed by atoms with E-state index in [4.69, 9.17) is 29.6 Å². The lowest BCUT2D eigenvalue weighted by molar-refractivity contribution is 0.0776. The predicted octanol–water partition coefficient (Wildman–Crippen LogP) is 2.27. The average Bonchev–Trinajstić information content (AvgIpc) is 2.31. The second-order valence-corrected chi connectivity index (χ2v) is 4.05. The van der Waals surface area contributed by atoms with Gasteiger partial charge in [0.1, 0.15) is 0 Å². The molecule has 0 bridgehead atoms. The minimum atomic E-state index is -0.286. The molecule has 0 spiro atoms. The van der Waals surface area contributed by atoms with Gasteiger partial charge in [-0.15, -0.1) is 16.6 Å². The summed E-state index contributed by atoms with van der Waals surface area (Å²) in [7, 11) is 0. The molecule has 17 heavy (non-hydrogen) atoms. The lowest BCUT2D eigenvalue weighted by Crippen LogP contribution is -2.32.